The van der Waals surface area contributed by atoms with Crippen LogP contribution in [0.3, 0.4) is 0 Å². The molecule has 3 N–H and O–H groups in total. The molecule has 0 aromatic heterocycles. The second kappa shape index (κ2) is 6.89. The smallest absolute Gasteiger partial charge is 0.321 e. The number of carbonyl (C=O) groups is 2. The molecule has 0 saturated heterocycles. The highest BCUT2D eigenvalue weighted by Crippen LogP contribution is 2.13. The summed E-state index contributed by atoms with van der Waals surface area (Å²) in [6.45, 7) is 5.73. The van der Waals surface area contributed by atoms with E-state index < -0.39 is 12.1 Å². The predicted octanol–water partition coefficient (Wildman–Crippen LogP) is 1.49. The maximum absolute atomic E-state index is 11.7. The number of nitrogens with one attached hydrogen (secondary N) is 3. The van der Waals surface area contributed by atoms with Crippen molar-refractivity contribution in [1.82, 2.24) is 16.0 Å². The van der Waals surface area contributed by atoms with E-state index in [1.54, 1.807) is 6.92 Å². The SMILES string of the molecule is CNC(=O)NC(=O)C(C)N[C@H](C)c1ccc(C)cc1. The van der Waals surface area contributed by atoms with Gasteiger partial charge in [-0.15, -0.1) is 0 Å². The van der Waals surface area contributed by atoms with Gasteiger partial charge in [0.2, 0.25) is 5.91 Å². The third-order valence-corrected chi connectivity index (χ3v) is 2.93. The third kappa shape index (κ3) is 4.71. The van der Waals surface area contributed by atoms with Gasteiger partial charge in [0.1, 0.15) is 0 Å². The number of rotatable bonds is 4. The van der Waals surface area contributed by atoms with Gasteiger partial charge in [0.15, 0.2) is 0 Å². The molecule has 5 heteroatoms. The lowest BCUT2D eigenvalue weighted by Crippen LogP contribution is -2.47. The molecular weight excluding hydrogens is 242 g/mol. The first-order chi connectivity index (χ1) is 8.93. The molecule has 0 saturated carbocycles. The quantitative estimate of drug-likeness (QED) is 0.771. The first-order valence-corrected chi connectivity index (χ1v) is 6.29. The second-order valence-electron chi connectivity index (χ2n) is 4.59. The summed E-state index contributed by atoms with van der Waals surface area (Å²) in [7, 11) is 1.47. The molecule has 104 valence electrons. The van der Waals surface area contributed by atoms with Gasteiger partial charge in [-0.1, -0.05) is 29.8 Å². The molecule has 2 atom stereocenters. The Hall–Kier alpha value is -1.88. The zero-order chi connectivity index (χ0) is 14.4. The minimum atomic E-state index is -0.498. The molecule has 0 aliphatic carbocycles. The minimum Gasteiger partial charge on any atom is -0.341 e. The van der Waals surface area contributed by atoms with Crippen molar-refractivity contribution in [2.45, 2.75) is 32.9 Å². The summed E-state index contributed by atoms with van der Waals surface area (Å²) >= 11 is 0. The van der Waals surface area contributed by atoms with E-state index in [0.717, 1.165) is 5.56 Å². The van der Waals surface area contributed by atoms with Crippen LogP contribution in [0.25, 0.3) is 0 Å². The van der Waals surface area contributed by atoms with Crippen LogP contribution >= 0.6 is 0 Å². The van der Waals surface area contributed by atoms with Gasteiger partial charge in [-0.05, 0) is 26.3 Å². The molecule has 1 rings (SSSR count). The van der Waals surface area contributed by atoms with Gasteiger partial charge in [-0.25, -0.2) is 4.79 Å². The van der Waals surface area contributed by atoms with E-state index in [0.29, 0.717) is 0 Å². The van der Waals surface area contributed by atoms with Crippen LogP contribution in [0.15, 0.2) is 24.3 Å². The molecule has 0 spiro atoms. The van der Waals surface area contributed by atoms with Gasteiger partial charge >= 0.3 is 6.03 Å². The van der Waals surface area contributed by atoms with Gasteiger partial charge < -0.3 is 5.32 Å². The van der Waals surface area contributed by atoms with Crippen molar-refractivity contribution in [1.29, 1.82) is 0 Å². The number of carbonyl (C=O) groups excluding carboxylic acids is 2. The zero-order valence-corrected chi connectivity index (χ0v) is 11.8. The minimum absolute atomic E-state index is 0.0334. The Labute approximate surface area is 113 Å². The first kappa shape index (κ1) is 15.2. The van der Waals surface area contributed by atoms with Crippen molar-refractivity contribution in [3.8, 4) is 0 Å². The van der Waals surface area contributed by atoms with Crippen LogP contribution in [0.1, 0.15) is 31.0 Å². The summed E-state index contributed by atoms with van der Waals surface area (Å²) in [4.78, 5) is 22.7. The van der Waals surface area contributed by atoms with E-state index in [1.807, 2.05) is 38.1 Å². The standard InChI is InChI=1S/C14H21N3O2/c1-9-5-7-12(8-6-9)10(2)16-11(3)13(18)17-14(19)15-4/h5-8,10-11,16H,1-4H3,(H2,15,17,18,19)/t10-,11?/m1/s1. The van der Waals surface area contributed by atoms with Gasteiger partial charge in [0.05, 0.1) is 6.04 Å². The summed E-state index contributed by atoms with van der Waals surface area (Å²) in [5.41, 5.74) is 2.30. The highest BCUT2D eigenvalue weighted by atomic mass is 16.2. The molecule has 3 amide bonds. The Kier molecular flexibility index (Phi) is 5.51. The molecule has 1 aromatic carbocycles. The van der Waals surface area contributed by atoms with Crippen molar-refractivity contribution >= 4 is 11.9 Å². The molecule has 0 aliphatic rings. The van der Waals surface area contributed by atoms with Crippen molar-refractivity contribution < 1.29 is 9.59 Å². The van der Waals surface area contributed by atoms with Crippen LogP contribution < -0.4 is 16.0 Å². The molecule has 0 fully saturated rings. The third-order valence-electron chi connectivity index (χ3n) is 2.93. The fourth-order valence-electron chi connectivity index (χ4n) is 1.68. The molecule has 0 heterocycles. The van der Waals surface area contributed by atoms with Crippen molar-refractivity contribution in [2.75, 3.05) is 7.05 Å². The van der Waals surface area contributed by atoms with E-state index in [9.17, 15) is 9.59 Å². The summed E-state index contributed by atoms with van der Waals surface area (Å²) in [5, 5.41) is 7.74. The lowest BCUT2D eigenvalue weighted by Gasteiger charge is -2.19. The molecular formula is C14H21N3O2. The molecule has 0 aliphatic heterocycles. The van der Waals surface area contributed by atoms with Gasteiger partial charge in [-0.3, -0.25) is 15.4 Å². The van der Waals surface area contributed by atoms with Gasteiger partial charge in [0, 0.05) is 13.1 Å². The molecule has 5 nitrogen and oxygen atoms in total. The lowest BCUT2D eigenvalue weighted by atomic mass is 10.1. The lowest BCUT2D eigenvalue weighted by molar-refractivity contribution is -0.121. The topological polar surface area (TPSA) is 70.2 Å². The number of urea groups is 1. The van der Waals surface area contributed by atoms with Crippen LogP contribution in [0, 0.1) is 6.92 Å². The Balaban J connectivity index is 2.56. The maximum atomic E-state index is 11.7. The molecule has 0 radical (unpaired) electrons. The van der Waals surface area contributed by atoms with Crippen LogP contribution in [-0.4, -0.2) is 25.0 Å². The summed E-state index contributed by atoms with van der Waals surface area (Å²) < 4.78 is 0. The molecule has 19 heavy (non-hydrogen) atoms. The van der Waals surface area contributed by atoms with Crippen LogP contribution in [0.5, 0.6) is 0 Å². The van der Waals surface area contributed by atoms with Crippen molar-refractivity contribution in [2.24, 2.45) is 0 Å². The van der Waals surface area contributed by atoms with E-state index in [4.69, 9.17) is 0 Å². The molecule has 1 unspecified atom stereocenters. The Morgan fingerprint density at radius 2 is 1.68 bits per heavy atom. The number of hydrogen-bond donors (Lipinski definition) is 3. The van der Waals surface area contributed by atoms with E-state index in [2.05, 4.69) is 16.0 Å². The van der Waals surface area contributed by atoms with Crippen LogP contribution in [0.2, 0.25) is 0 Å². The summed E-state index contributed by atoms with van der Waals surface area (Å²) in [5.74, 6) is -0.349. The first-order valence-electron chi connectivity index (χ1n) is 6.29. The number of aryl methyl sites for hydroxylation is 1. The highest BCUT2D eigenvalue weighted by molar-refractivity contribution is 5.96. The van der Waals surface area contributed by atoms with Crippen molar-refractivity contribution in [3.63, 3.8) is 0 Å². The normalized spacial score (nSPS) is 13.5. The largest absolute Gasteiger partial charge is 0.341 e. The average Bonchev–Trinajstić information content (AvgIpc) is 2.38. The van der Waals surface area contributed by atoms with E-state index in [1.165, 1.54) is 12.6 Å². The average molecular weight is 263 g/mol. The summed E-state index contributed by atoms with van der Waals surface area (Å²) in [6, 6.07) is 7.19. The monoisotopic (exact) mass is 263 g/mol. The zero-order valence-electron chi connectivity index (χ0n) is 11.8. The van der Waals surface area contributed by atoms with Gasteiger partial charge in [0.25, 0.3) is 0 Å². The van der Waals surface area contributed by atoms with Crippen LogP contribution in [-0.2, 0) is 4.79 Å². The van der Waals surface area contributed by atoms with Crippen molar-refractivity contribution in [3.05, 3.63) is 35.4 Å². The number of hydrogen-bond acceptors (Lipinski definition) is 3. The van der Waals surface area contributed by atoms with Crippen LogP contribution in [0.4, 0.5) is 4.79 Å². The maximum Gasteiger partial charge on any atom is 0.321 e. The van der Waals surface area contributed by atoms with E-state index in [-0.39, 0.29) is 11.9 Å². The number of imide groups is 1. The summed E-state index contributed by atoms with van der Waals surface area (Å²) in [6.07, 6.45) is 0. The van der Waals surface area contributed by atoms with E-state index >= 15 is 0 Å². The predicted molar refractivity (Wildman–Crippen MR) is 74.8 cm³/mol. The molecule has 0 bridgehead atoms. The second-order valence-corrected chi connectivity index (χ2v) is 4.59. The highest BCUT2D eigenvalue weighted by Gasteiger charge is 2.17. The molecule has 1 aromatic rings. The fourth-order valence-corrected chi connectivity index (χ4v) is 1.68. The number of amides is 3. The Morgan fingerprint density at radius 3 is 2.21 bits per heavy atom. The fraction of sp³-hybridized carbons (Fsp3) is 0.429. The Bertz CT molecular complexity index is 443. The Morgan fingerprint density at radius 1 is 1.11 bits per heavy atom. The number of benzene rings is 1. The van der Waals surface area contributed by atoms with Gasteiger partial charge in [-0.2, -0.15) is 0 Å².